The molecule has 2 amide bonds. The lowest BCUT2D eigenvalue weighted by atomic mass is 9.92. The molecule has 1 heterocycles. The van der Waals surface area contributed by atoms with Gasteiger partial charge in [-0.2, -0.15) is 0 Å². The summed E-state index contributed by atoms with van der Waals surface area (Å²) in [6, 6.07) is 9.73. The predicted octanol–water partition coefficient (Wildman–Crippen LogP) is 1.89. The Bertz CT molecular complexity index is 509. The van der Waals surface area contributed by atoms with Crippen molar-refractivity contribution in [2.45, 2.75) is 50.6 Å². The molecule has 3 rings (SSSR count). The van der Waals surface area contributed by atoms with Gasteiger partial charge in [0.15, 0.2) is 0 Å². The van der Waals surface area contributed by atoms with E-state index in [1.54, 1.807) is 0 Å². The number of amides is 2. The Kier molecular flexibility index (Phi) is 4.23. The Hall–Kier alpha value is -1.84. The fourth-order valence-corrected chi connectivity index (χ4v) is 3.42. The van der Waals surface area contributed by atoms with Crippen LogP contribution in [0, 0.1) is 0 Å². The van der Waals surface area contributed by atoms with Crippen LogP contribution in [0.5, 0.6) is 0 Å². The van der Waals surface area contributed by atoms with Gasteiger partial charge < -0.3 is 10.2 Å². The molecule has 1 aromatic carbocycles. The molecule has 0 spiro atoms. The largest absolute Gasteiger partial charge is 0.342 e. The maximum Gasteiger partial charge on any atom is 0.246 e. The summed E-state index contributed by atoms with van der Waals surface area (Å²) in [6.07, 6.45) is 6.24. The zero-order valence-electron chi connectivity index (χ0n) is 12.3. The third kappa shape index (κ3) is 3.26. The van der Waals surface area contributed by atoms with E-state index in [-0.39, 0.29) is 24.4 Å². The van der Waals surface area contributed by atoms with Crippen molar-refractivity contribution in [3.63, 3.8) is 0 Å². The fraction of sp³-hybridized carbons (Fsp3) is 0.529. The van der Waals surface area contributed by atoms with Crippen molar-refractivity contribution in [3.05, 3.63) is 35.9 Å². The Morgan fingerprint density at radius 3 is 2.48 bits per heavy atom. The van der Waals surface area contributed by atoms with Gasteiger partial charge in [-0.25, -0.2) is 0 Å². The maximum absolute atomic E-state index is 12.7. The molecule has 0 aromatic heterocycles. The molecule has 4 heteroatoms. The van der Waals surface area contributed by atoms with E-state index in [2.05, 4.69) is 5.32 Å². The van der Waals surface area contributed by atoms with Gasteiger partial charge in [-0.3, -0.25) is 9.59 Å². The number of hydrogen-bond donors (Lipinski definition) is 1. The highest BCUT2D eigenvalue weighted by atomic mass is 16.2. The van der Waals surface area contributed by atoms with E-state index >= 15 is 0 Å². The Morgan fingerprint density at radius 2 is 1.76 bits per heavy atom. The topological polar surface area (TPSA) is 49.4 Å². The van der Waals surface area contributed by atoms with E-state index in [1.165, 1.54) is 19.3 Å². The number of rotatable bonds is 3. The van der Waals surface area contributed by atoms with Crippen LogP contribution in [-0.4, -0.2) is 35.3 Å². The minimum Gasteiger partial charge on any atom is -0.342 e. The van der Waals surface area contributed by atoms with Gasteiger partial charge in [0.1, 0.15) is 6.04 Å². The van der Waals surface area contributed by atoms with Crippen LogP contribution in [0.4, 0.5) is 0 Å². The average molecular weight is 286 g/mol. The van der Waals surface area contributed by atoms with E-state index < -0.39 is 6.04 Å². The van der Waals surface area contributed by atoms with Gasteiger partial charge in [-0.1, -0.05) is 49.6 Å². The van der Waals surface area contributed by atoms with Crippen molar-refractivity contribution in [1.29, 1.82) is 0 Å². The van der Waals surface area contributed by atoms with E-state index in [1.807, 2.05) is 35.2 Å². The van der Waals surface area contributed by atoms with Crippen molar-refractivity contribution in [2.75, 3.05) is 6.54 Å². The quantitative estimate of drug-likeness (QED) is 0.922. The van der Waals surface area contributed by atoms with E-state index in [4.69, 9.17) is 0 Å². The molecule has 21 heavy (non-hydrogen) atoms. The summed E-state index contributed by atoms with van der Waals surface area (Å²) in [5, 5.41) is 2.85. The third-order valence-electron chi connectivity index (χ3n) is 4.53. The highest BCUT2D eigenvalue weighted by Crippen LogP contribution is 2.24. The number of carbonyl (C=O) groups excluding carboxylic acids is 2. The average Bonchev–Trinajstić information content (AvgIpc) is 2.52. The van der Waals surface area contributed by atoms with Crippen LogP contribution in [0.25, 0.3) is 0 Å². The molecule has 1 aliphatic heterocycles. The number of nitrogens with zero attached hydrogens (tertiary/aromatic N) is 1. The zero-order valence-corrected chi connectivity index (χ0v) is 12.3. The first kappa shape index (κ1) is 14.1. The molecule has 1 aliphatic carbocycles. The molecule has 4 nitrogen and oxygen atoms in total. The lowest BCUT2D eigenvalue weighted by Gasteiger charge is -2.39. The van der Waals surface area contributed by atoms with E-state index in [9.17, 15) is 9.59 Å². The van der Waals surface area contributed by atoms with Crippen LogP contribution < -0.4 is 5.32 Å². The Balaban J connectivity index is 1.72. The predicted molar refractivity (Wildman–Crippen MR) is 80.7 cm³/mol. The van der Waals surface area contributed by atoms with Crippen LogP contribution in [0.1, 0.15) is 37.7 Å². The van der Waals surface area contributed by atoms with Gasteiger partial charge in [0.25, 0.3) is 0 Å². The first-order valence-corrected chi connectivity index (χ1v) is 7.88. The van der Waals surface area contributed by atoms with Gasteiger partial charge in [0.05, 0.1) is 6.54 Å². The molecule has 0 radical (unpaired) electrons. The molecule has 1 aromatic rings. The lowest BCUT2D eigenvalue weighted by Crippen LogP contribution is -2.61. The van der Waals surface area contributed by atoms with Crippen LogP contribution in [0.2, 0.25) is 0 Å². The zero-order chi connectivity index (χ0) is 14.7. The number of carbonyl (C=O) groups is 2. The minimum atomic E-state index is -0.407. The molecule has 1 N–H and O–H groups in total. The first-order chi connectivity index (χ1) is 10.2. The minimum absolute atomic E-state index is 0.0268. The monoisotopic (exact) mass is 286 g/mol. The Morgan fingerprint density at radius 1 is 1.05 bits per heavy atom. The third-order valence-corrected chi connectivity index (χ3v) is 4.53. The van der Waals surface area contributed by atoms with Crippen LogP contribution in [0.3, 0.4) is 0 Å². The second kappa shape index (κ2) is 6.29. The smallest absolute Gasteiger partial charge is 0.246 e. The summed E-state index contributed by atoms with van der Waals surface area (Å²) in [7, 11) is 0. The molecule has 112 valence electrons. The lowest BCUT2D eigenvalue weighted by molar-refractivity contribution is -0.147. The molecule has 1 saturated heterocycles. The molecule has 0 bridgehead atoms. The van der Waals surface area contributed by atoms with Crippen molar-refractivity contribution in [3.8, 4) is 0 Å². The Labute approximate surface area is 125 Å². The molecule has 2 aliphatic rings. The number of piperazine rings is 1. The number of hydrogen-bond acceptors (Lipinski definition) is 2. The van der Waals surface area contributed by atoms with Gasteiger partial charge in [-0.05, 0) is 18.4 Å². The first-order valence-electron chi connectivity index (χ1n) is 7.88. The maximum atomic E-state index is 12.7. The second-order valence-corrected chi connectivity index (χ2v) is 6.07. The molecule has 1 atom stereocenters. The van der Waals surface area contributed by atoms with Crippen LogP contribution >= 0.6 is 0 Å². The normalized spacial score (nSPS) is 24.0. The molecular formula is C17H22N2O2. The SMILES string of the molecule is O=C1CN(C2CCCCC2)C(=O)C(Cc2ccccc2)N1. The van der Waals surface area contributed by atoms with Crippen LogP contribution in [-0.2, 0) is 16.0 Å². The molecule has 1 saturated carbocycles. The van der Waals surface area contributed by atoms with Crippen molar-refractivity contribution in [2.24, 2.45) is 0 Å². The summed E-state index contributed by atoms with van der Waals surface area (Å²) < 4.78 is 0. The van der Waals surface area contributed by atoms with Gasteiger partial charge in [0, 0.05) is 12.5 Å². The summed E-state index contributed by atoms with van der Waals surface area (Å²) >= 11 is 0. The number of benzene rings is 1. The van der Waals surface area contributed by atoms with Crippen molar-refractivity contribution < 1.29 is 9.59 Å². The second-order valence-electron chi connectivity index (χ2n) is 6.07. The highest BCUT2D eigenvalue weighted by Gasteiger charge is 2.36. The van der Waals surface area contributed by atoms with Gasteiger partial charge in [0.2, 0.25) is 11.8 Å². The van der Waals surface area contributed by atoms with E-state index in [0.29, 0.717) is 6.42 Å². The van der Waals surface area contributed by atoms with Crippen LogP contribution in [0.15, 0.2) is 30.3 Å². The highest BCUT2D eigenvalue weighted by molar-refractivity contribution is 5.95. The molecule has 2 fully saturated rings. The van der Waals surface area contributed by atoms with Gasteiger partial charge >= 0.3 is 0 Å². The summed E-state index contributed by atoms with van der Waals surface area (Å²) in [4.78, 5) is 26.5. The van der Waals surface area contributed by atoms with Crippen molar-refractivity contribution >= 4 is 11.8 Å². The van der Waals surface area contributed by atoms with E-state index in [0.717, 1.165) is 18.4 Å². The molecule has 1 unspecified atom stereocenters. The summed E-state index contributed by atoms with van der Waals surface area (Å²) in [5.41, 5.74) is 1.08. The standard InChI is InChI=1S/C17H22N2O2/c20-16-12-19(14-9-5-2-6-10-14)17(21)15(18-16)11-13-7-3-1-4-8-13/h1,3-4,7-8,14-15H,2,5-6,9-12H2,(H,18,20). The summed E-state index contributed by atoms with van der Waals surface area (Å²) in [5.74, 6) is 0.0615. The summed E-state index contributed by atoms with van der Waals surface area (Å²) in [6.45, 7) is 0.231. The molecular weight excluding hydrogens is 264 g/mol. The fourth-order valence-electron chi connectivity index (χ4n) is 3.42. The van der Waals surface area contributed by atoms with Gasteiger partial charge in [-0.15, -0.1) is 0 Å². The van der Waals surface area contributed by atoms with Crippen molar-refractivity contribution in [1.82, 2.24) is 10.2 Å². The number of nitrogens with one attached hydrogen (secondary N) is 1.